The van der Waals surface area contributed by atoms with E-state index in [0.717, 1.165) is 34.9 Å². The molecule has 0 saturated heterocycles. The van der Waals surface area contributed by atoms with Gasteiger partial charge in [0.1, 0.15) is 12.5 Å². The van der Waals surface area contributed by atoms with Crippen molar-refractivity contribution in [3.8, 4) is 0 Å². The fourth-order valence-electron chi connectivity index (χ4n) is 4.50. The van der Waals surface area contributed by atoms with Crippen LogP contribution in [0.25, 0.3) is 0 Å². The van der Waals surface area contributed by atoms with Crippen LogP contribution in [0.4, 0.5) is 5.69 Å². The maximum Gasteiger partial charge on any atom is 0.315 e. The molecule has 2 unspecified atom stereocenters. The van der Waals surface area contributed by atoms with Gasteiger partial charge >= 0.3 is 5.97 Å². The lowest BCUT2D eigenvalue weighted by Crippen LogP contribution is -2.43. The molecule has 0 saturated carbocycles. The minimum atomic E-state index is -0.624. The lowest BCUT2D eigenvalue weighted by Gasteiger charge is -2.42. The van der Waals surface area contributed by atoms with Crippen LogP contribution in [0.5, 0.6) is 0 Å². The highest BCUT2D eigenvalue weighted by atomic mass is 32.2. The molecule has 1 N–H and O–H groups in total. The maximum atomic E-state index is 13.3. The van der Waals surface area contributed by atoms with Gasteiger partial charge in [-0.05, 0) is 35.3 Å². The van der Waals surface area contributed by atoms with Crippen LogP contribution in [-0.4, -0.2) is 44.0 Å². The first-order chi connectivity index (χ1) is 14.6. The van der Waals surface area contributed by atoms with Crippen LogP contribution in [0, 0.1) is 11.3 Å². The Morgan fingerprint density at radius 1 is 1.26 bits per heavy atom. The number of benzene rings is 1. The van der Waals surface area contributed by atoms with Gasteiger partial charge in [-0.1, -0.05) is 39.5 Å². The Balaban J connectivity index is 2.01. The molecule has 2 atom stereocenters. The number of esters is 1. The summed E-state index contributed by atoms with van der Waals surface area (Å²) in [7, 11) is 3.98. The minimum absolute atomic E-state index is 0.104. The van der Waals surface area contributed by atoms with Crippen molar-refractivity contribution in [2.75, 3.05) is 37.1 Å². The van der Waals surface area contributed by atoms with E-state index in [1.165, 1.54) is 0 Å². The van der Waals surface area contributed by atoms with E-state index in [0.29, 0.717) is 24.3 Å². The van der Waals surface area contributed by atoms with Gasteiger partial charge in [0.05, 0.1) is 0 Å². The summed E-state index contributed by atoms with van der Waals surface area (Å²) in [5.74, 6) is 0.525. The van der Waals surface area contributed by atoms with Crippen LogP contribution in [-0.2, 0) is 14.3 Å². The largest absolute Gasteiger partial charge is 0.464 e. The highest BCUT2D eigenvalue weighted by molar-refractivity contribution is 7.99. The third-order valence-corrected chi connectivity index (χ3v) is 6.81. The van der Waals surface area contributed by atoms with Gasteiger partial charge in [0.2, 0.25) is 0 Å². The summed E-state index contributed by atoms with van der Waals surface area (Å²) in [5, 5.41) is 3.32. The van der Waals surface area contributed by atoms with Gasteiger partial charge in [0.25, 0.3) is 0 Å². The van der Waals surface area contributed by atoms with Crippen molar-refractivity contribution in [1.82, 2.24) is 5.32 Å². The molecule has 0 spiro atoms. The van der Waals surface area contributed by atoms with Gasteiger partial charge in [-0.15, -0.1) is 0 Å². The molecular weight excluding hydrogens is 408 g/mol. The zero-order valence-corrected chi connectivity index (χ0v) is 20.1. The number of carbonyl (C=O) groups is 2. The molecule has 2 aliphatic rings. The highest BCUT2D eigenvalue weighted by Gasteiger charge is 2.46. The molecule has 6 heteroatoms. The third kappa shape index (κ3) is 5.17. The summed E-state index contributed by atoms with van der Waals surface area (Å²) in [4.78, 5) is 28.5. The topological polar surface area (TPSA) is 58.6 Å². The van der Waals surface area contributed by atoms with Crippen LogP contribution in [0.3, 0.4) is 0 Å². The molecule has 0 aromatic heterocycles. The van der Waals surface area contributed by atoms with Crippen molar-refractivity contribution in [3.05, 3.63) is 53.4 Å². The summed E-state index contributed by atoms with van der Waals surface area (Å²) in [6.45, 7) is 10.8. The van der Waals surface area contributed by atoms with Crippen molar-refractivity contribution in [1.29, 1.82) is 0 Å². The van der Waals surface area contributed by atoms with Gasteiger partial charge in [-0.2, -0.15) is 11.8 Å². The molecule has 0 amide bonds. The summed E-state index contributed by atoms with van der Waals surface area (Å²) in [5.41, 5.74) is 4.12. The molecule has 1 heterocycles. The summed E-state index contributed by atoms with van der Waals surface area (Å²) in [6, 6.07) is 8.09. The SMILES string of the molecule is C=C1NC2=C(C(=O)CC(C)(C)C2)C(c2ccc(N(C)C)cc2)C1C(=O)OCCSCC. The quantitative estimate of drug-likeness (QED) is 0.495. The van der Waals surface area contributed by atoms with Gasteiger partial charge in [0, 0.05) is 54.8 Å². The first-order valence-electron chi connectivity index (χ1n) is 10.9. The summed E-state index contributed by atoms with van der Waals surface area (Å²) in [6.07, 6.45) is 1.23. The molecule has 168 valence electrons. The summed E-state index contributed by atoms with van der Waals surface area (Å²) >= 11 is 1.73. The average molecular weight is 443 g/mol. The van der Waals surface area contributed by atoms with Crippen LogP contribution in [0.15, 0.2) is 47.8 Å². The van der Waals surface area contributed by atoms with E-state index in [-0.39, 0.29) is 23.1 Å². The molecule has 31 heavy (non-hydrogen) atoms. The Hall–Kier alpha value is -2.21. The smallest absolute Gasteiger partial charge is 0.315 e. The Labute approximate surface area is 190 Å². The predicted molar refractivity (Wildman–Crippen MR) is 128 cm³/mol. The number of ketones is 1. The Bertz CT molecular complexity index is 887. The van der Waals surface area contributed by atoms with Crippen LogP contribution < -0.4 is 10.2 Å². The van der Waals surface area contributed by atoms with Crippen molar-refractivity contribution in [2.45, 2.75) is 39.5 Å². The molecule has 1 aliphatic heterocycles. The molecule has 0 bridgehead atoms. The van der Waals surface area contributed by atoms with Crippen LogP contribution in [0.2, 0.25) is 0 Å². The Morgan fingerprint density at radius 2 is 1.94 bits per heavy atom. The number of allylic oxidation sites excluding steroid dienone is 2. The van der Waals surface area contributed by atoms with Crippen molar-refractivity contribution in [3.63, 3.8) is 0 Å². The standard InChI is InChI=1S/C25H34N2O3S/c1-7-31-13-12-30-24(29)21-16(2)26-19-14-25(3,4)15-20(28)23(19)22(21)17-8-10-18(11-9-17)27(5)6/h8-11,21-22,26H,2,7,12-15H2,1,3-6H3. The van der Waals surface area contributed by atoms with Crippen LogP contribution >= 0.6 is 11.8 Å². The molecular formula is C25H34N2O3S. The van der Waals surface area contributed by atoms with E-state index in [2.05, 4.69) is 32.7 Å². The normalized spacial score (nSPS) is 22.6. The molecule has 0 fully saturated rings. The van der Waals surface area contributed by atoms with Crippen LogP contribution in [0.1, 0.15) is 45.1 Å². The molecule has 0 radical (unpaired) electrons. The van der Waals surface area contributed by atoms with E-state index in [9.17, 15) is 9.59 Å². The minimum Gasteiger partial charge on any atom is -0.464 e. The number of nitrogens with one attached hydrogen (secondary N) is 1. The highest BCUT2D eigenvalue weighted by Crippen LogP contribution is 2.48. The zero-order valence-electron chi connectivity index (χ0n) is 19.3. The number of rotatable bonds is 7. The number of ether oxygens (including phenoxy) is 1. The van der Waals surface area contributed by atoms with Gasteiger partial charge in [0.15, 0.2) is 5.78 Å². The number of Topliss-reactive ketones (excluding diaryl/α,β-unsaturated/α-hetero) is 1. The van der Waals surface area contributed by atoms with Crippen molar-refractivity contribution in [2.24, 2.45) is 11.3 Å². The summed E-state index contributed by atoms with van der Waals surface area (Å²) < 4.78 is 5.62. The maximum absolute atomic E-state index is 13.3. The van der Waals surface area contributed by atoms with E-state index < -0.39 is 5.92 Å². The Morgan fingerprint density at radius 3 is 2.55 bits per heavy atom. The van der Waals surface area contributed by atoms with Gasteiger partial charge < -0.3 is 15.0 Å². The molecule has 1 aromatic carbocycles. The van der Waals surface area contributed by atoms with Gasteiger partial charge in [-0.3, -0.25) is 9.59 Å². The predicted octanol–water partition coefficient (Wildman–Crippen LogP) is 4.51. The average Bonchev–Trinajstić information content (AvgIpc) is 2.69. The third-order valence-electron chi connectivity index (χ3n) is 5.95. The monoisotopic (exact) mass is 442 g/mol. The molecule has 1 aromatic rings. The van der Waals surface area contributed by atoms with E-state index in [1.54, 1.807) is 11.8 Å². The fraction of sp³-hybridized carbons (Fsp3) is 0.520. The first-order valence-corrected chi connectivity index (χ1v) is 12.0. The van der Waals surface area contributed by atoms with Crippen molar-refractivity contribution >= 4 is 29.2 Å². The number of hydrogen-bond acceptors (Lipinski definition) is 6. The molecule has 1 aliphatic carbocycles. The zero-order chi connectivity index (χ0) is 22.8. The molecule has 5 nitrogen and oxygen atoms in total. The molecule has 3 rings (SSSR count). The van der Waals surface area contributed by atoms with Crippen molar-refractivity contribution < 1.29 is 14.3 Å². The lowest BCUT2D eigenvalue weighted by atomic mass is 9.66. The number of nitrogens with zero attached hydrogens (tertiary/aromatic N) is 1. The second kappa shape index (κ2) is 9.51. The number of hydrogen-bond donors (Lipinski definition) is 1. The fourth-order valence-corrected chi connectivity index (χ4v) is 4.99. The number of thioether (sulfide) groups is 1. The second-order valence-electron chi connectivity index (χ2n) is 9.29. The number of anilines is 1. The lowest BCUT2D eigenvalue weighted by molar-refractivity contribution is -0.147. The van der Waals surface area contributed by atoms with E-state index in [4.69, 9.17) is 4.74 Å². The van der Waals surface area contributed by atoms with E-state index in [1.807, 2.05) is 43.3 Å². The second-order valence-corrected chi connectivity index (χ2v) is 10.7. The first kappa shape index (κ1) is 23.5. The Kier molecular flexibility index (Phi) is 7.20. The van der Waals surface area contributed by atoms with E-state index >= 15 is 0 Å². The van der Waals surface area contributed by atoms with Gasteiger partial charge in [-0.25, -0.2) is 0 Å². The number of carbonyl (C=O) groups excluding carboxylic acids is 2.